The summed E-state index contributed by atoms with van der Waals surface area (Å²) in [6, 6.07) is 5.03. The Morgan fingerprint density at radius 3 is 2.84 bits per heavy atom. The number of aromatic nitrogens is 3. The molecule has 3 heterocycles. The van der Waals surface area contributed by atoms with Crippen molar-refractivity contribution < 1.29 is 28.6 Å². The molecule has 3 saturated carbocycles. The number of carbonyl (C=O) groups is 2. The predicted molar refractivity (Wildman–Crippen MR) is 160 cm³/mol. The molecular weight excluding hydrogens is 583 g/mol. The first-order chi connectivity index (χ1) is 21.1. The predicted octanol–water partition coefficient (Wildman–Crippen LogP) is 4.80. The second kappa shape index (κ2) is 10.8. The topological polar surface area (TPSA) is 127 Å². The Bertz CT molecular complexity index is 1560. The molecule has 0 aromatic carbocycles. The van der Waals surface area contributed by atoms with Crippen LogP contribution < -0.4 is 0 Å². The van der Waals surface area contributed by atoms with Gasteiger partial charge in [-0.3, -0.25) is 4.79 Å². The number of ether oxygens (including phenoxy) is 2. The van der Waals surface area contributed by atoms with Crippen LogP contribution in [-0.2, 0) is 25.5 Å². The molecular formula is C33H37FN4O5S. The minimum Gasteiger partial charge on any atom is -0.448 e. The van der Waals surface area contributed by atoms with Crippen molar-refractivity contribution in [2.75, 3.05) is 12.4 Å². The number of pyridine rings is 1. The van der Waals surface area contributed by atoms with Gasteiger partial charge in [0.1, 0.15) is 0 Å². The molecule has 4 fully saturated rings. The number of nitrogens with zero attached hydrogens (tertiary/aromatic N) is 4. The van der Waals surface area contributed by atoms with Gasteiger partial charge in [0.2, 0.25) is 11.1 Å². The molecule has 1 N–H and O–H groups in total. The lowest BCUT2D eigenvalue weighted by Crippen LogP contribution is -2.63. The van der Waals surface area contributed by atoms with E-state index in [4.69, 9.17) is 9.47 Å². The average Bonchev–Trinajstić information content (AvgIpc) is 3.73. The second-order valence-electron chi connectivity index (χ2n) is 13.6. The lowest BCUT2D eigenvalue weighted by atomic mass is 9.45. The number of aliphatic hydroxyl groups is 1. The molecule has 8 atom stereocenters. The molecule has 0 radical (unpaired) electrons. The third kappa shape index (κ3) is 4.31. The van der Waals surface area contributed by atoms with Crippen molar-refractivity contribution in [3.8, 4) is 11.8 Å². The van der Waals surface area contributed by atoms with Crippen LogP contribution >= 0.6 is 11.8 Å². The van der Waals surface area contributed by atoms with Crippen molar-refractivity contribution in [3.05, 3.63) is 47.3 Å². The zero-order valence-electron chi connectivity index (χ0n) is 25.0. The number of fused-ring (bicyclic) bond motifs is 6. The van der Waals surface area contributed by atoms with Gasteiger partial charge in [0, 0.05) is 12.0 Å². The lowest BCUT2D eigenvalue weighted by molar-refractivity contribution is -0.202. The molecule has 0 amide bonds. The van der Waals surface area contributed by atoms with Crippen molar-refractivity contribution in [2.24, 2.45) is 28.6 Å². The van der Waals surface area contributed by atoms with E-state index in [9.17, 15) is 24.3 Å². The molecule has 0 bridgehead atoms. The maximum Gasteiger partial charge on any atom is 0.336 e. The quantitative estimate of drug-likeness (QED) is 0.370. The number of aliphatic hydroxyl groups excluding tert-OH is 1. The molecule has 4 aliphatic carbocycles. The van der Waals surface area contributed by atoms with E-state index in [-0.39, 0.29) is 34.0 Å². The first kappa shape index (κ1) is 29.6. The highest BCUT2D eigenvalue weighted by Gasteiger charge is 2.71. The number of thioether (sulfide) groups is 1. The molecule has 2 aromatic rings. The van der Waals surface area contributed by atoms with Gasteiger partial charge < -0.3 is 14.6 Å². The molecule has 2 aromatic heterocycles. The van der Waals surface area contributed by atoms with E-state index in [0.29, 0.717) is 44.4 Å². The highest BCUT2D eigenvalue weighted by atomic mass is 32.2. The van der Waals surface area contributed by atoms with Crippen LogP contribution in [0.15, 0.2) is 30.1 Å². The number of rotatable bonds is 5. The van der Waals surface area contributed by atoms with Crippen molar-refractivity contribution >= 4 is 28.9 Å². The lowest BCUT2D eigenvalue weighted by Gasteiger charge is -2.60. The smallest absolute Gasteiger partial charge is 0.336 e. The number of hydrogen-bond donors (Lipinski definition) is 1. The largest absolute Gasteiger partial charge is 0.448 e. The SMILES string of the molecule is C[C@]12Cc3cnn(-c4ccc(F)nc4)c3C=C1CC[C@@H]1[C@@H]2[C@@H](O)C[C@@]2(C)[C@H]1CC[C@]2(OC(=O)[C@H]1CCCO1)C(=O)SCC#N. The molecule has 11 heteroatoms. The van der Waals surface area contributed by atoms with Crippen LogP contribution in [0.5, 0.6) is 0 Å². The molecule has 0 unspecified atom stereocenters. The summed E-state index contributed by atoms with van der Waals surface area (Å²) in [4.78, 5) is 31.1. The molecule has 1 saturated heterocycles. The summed E-state index contributed by atoms with van der Waals surface area (Å²) in [6.07, 6.45) is 9.25. The standard InChI is InChI=1S/C33H37FN4O5S/c1-31-15-19-17-37-38(21-6-8-27(34)36-18-21)24(19)14-20(31)5-7-22-23-9-10-33(30(41)44-13-11-35,32(23,2)16-25(39)28(22)31)43-29(40)26-4-3-12-42-26/h6,8,14,17-18,22-23,25-26,28,39H,3-5,7,9-10,12-13,15-16H2,1-2H3/t22-,23-,25-,26+,28+,31-,32-,33-/m0/s1. The molecule has 5 aliphatic rings. The Kier molecular flexibility index (Phi) is 7.26. The summed E-state index contributed by atoms with van der Waals surface area (Å²) >= 11 is 0.910. The fourth-order valence-corrected chi connectivity index (χ4v) is 10.4. The Morgan fingerprint density at radius 1 is 1.27 bits per heavy atom. The van der Waals surface area contributed by atoms with E-state index < -0.39 is 35.1 Å². The van der Waals surface area contributed by atoms with Crippen LogP contribution in [0.4, 0.5) is 4.39 Å². The van der Waals surface area contributed by atoms with Crippen LogP contribution in [0.25, 0.3) is 11.8 Å². The maximum absolute atomic E-state index is 13.9. The number of nitriles is 1. The zero-order valence-corrected chi connectivity index (χ0v) is 25.8. The summed E-state index contributed by atoms with van der Waals surface area (Å²) in [7, 11) is 0. The van der Waals surface area contributed by atoms with Crippen LogP contribution in [-0.4, -0.2) is 61.1 Å². The normalized spacial score (nSPS) is 37.2. The summed E-state index contributed by atoms with van der Waals surface area (Å²) < 4.78 is 27.2. The van der Waals surface area contributed by atoms with E-state index >= 15 is 0 Å². The number of hydrogen-bond acceptors (Lipinski definition) is 9. The summed E-state index contributed by atoms with van der Waals surface area (Å²) in [5, 5.41) is 25.7. The molecule has 44 heavy (non-hydrogen) atoms. The minimum atomic E-state index is -1.42. The third-order valence-corrected chi connectivity index (χ3v) is 12.4. The van der Waals surface area contributed by atoms with Crippen LogP contribution in [0.1, 0.15) is 70.1 Å². The fourth-order valence-electron chi connectivity index (χ4n) is 9.63. The Morgan fingerprint density at radius 2 is 2.11 bits per heavy atom. The Labute approximate surface area is 260 Å². The van der Waals surface area contributed by atoms with E-state index in [1.807, 2.05) is 19.2 Å². The number of halogens is 1. The summed E-state index contributed by atoms with van der Waals surface area (Å²) in [5.74, 6) is -0.936. The number of esters is 1. The van der Waals surface area contributed by atoms with Gasteiger partial charge in [0.15, 0.2) is 11.7 Å². The van der Waals surface area contributed by atoms with Crippen molar-refractivity contribution in [1.29, 1.82) is 5.26 Å². The summed E-state index contributed by atoms with van der Waals surface area (Å²) in [6.45, 7) is 4.75. The van der Waals surface area contributed by atoms with Crippen molar-refractivity contribution in [1.82, 2.24) is 14.8 Å². The average molecular weight is 621 g/mol. The van der Waals surface area contributed by atoms with Crippen LogP contribution in [0.3, 0.4) is 0 Å². The van der Waals surface area contributed by atoms with Gasteiger partial charge in [-0.05, 0) is 98.3 Å². The fraction of sp³-hybridized carbons (Fsp3) is 0.606. The van der Waals surface area contributed by atoms with E-state index in [1.165, 1.54) is 17.8 Å². The Balaban J connectivity index is 1.22. The third-order valence-electron chi connectivity index (χ3n) is 11.6. The highest BCUT2D eigenvalue weighted by molar-refractivity contribution is 8.14. The van der Waals surface area contributed by atoms with Crippen LogP contribution in [0.2, 0.25) is 0 Å². The monoisotopic (exact) mass is 620 g/mol. The number of carbonyl (C=O) groups excluding carboxylic acids is 2. The van der Waals surface area contributed by atoms with Gasteiger partial charge in [0.05, 0.1) is 41.7 Å². The maximum atomic E-state index is 13.9. The van der Waals surface area contributed by atoms with Crippen LogP contribution in [0, 0.1) is 45.9 Å². The number of allylic oxidation sites excluding steroid dienone is 1. The molecule has 0 spiro atoms. The van der Waals surface area contributed by atoms with Gasteiger partial charge in [-0.15, -0.1) is 0 Å². The van der Waals surface area contributed by atoms with Gasteiger partial charge in [0.25, 0.3) is 0 Å². The minimum absolute atomic E-state index is 0.0242. The summed E-state index contributed by atoms with van der Waals surface area (Å²) in [5.41, 5.74) is 1.46. The zero-order chi connectivity index (χ0) is 30.9. The first-order valence-corrected chi connectivity index (χ1v) is 16.6. The van der Waals surface area contributed by atoms with Crippen molar-refractivity contribution in [3.63, 3.8) is 0 Å². The van der Waals surface area contributed by atoms with Gasteiger partial charge in [-0.2, -0.15) is 14.8 Å². The first-order valence-electron chi connectivity index (χ1n) is 15.6. The van der Waals surface area contributed by atoms with Gasteiger partial charge in [-0.25, -0.2) is 14.5 Å². The second-order valence-corrected chi connectivity index (χ2v) is 14.6. The molecule has 7 rings (SSSR count). The van der Waals surface area contributed by atoms with Gasteiger partial charge >= 0.3 is 5.97 Å². The molecule has 1 aliphatic heterocycles. The van der Waals surface area contributed by atoms with E-state index in [1.54, 1.807) is 10.7 Å². The molecule has 232 valence electrons. The van der Waals surface area contributed by atoms with E-state index in [0.717, 1.165) is 42.3 Å². The van der Waals surface area contributed by atoms with Gasteiger partial charge in [-0.1, -0.05) is 31.2 Å². The highest BCUT2D eigenvalue weighted by Crippen LogP contribution is 2.69. The van der Waals surface area contributed by atoms with E-state index in [2.05, 4.69) is 23.1 Å². The molecule has 9 nitrogen and oxygen atoms in total. The van der Waals surface area contributed by atoms with Crippen molar-refractivity contribution in [2.45, 2.75) is 83.0 Å². The Hall–Kier alpha value is -3.07.